The molecule has 0 saturated carbocycles. The summed E-state index contributed by atoms with van der Waals surface area (Å²) in [5.74, 6) is -0.165. The third-order valence-electron chi connectivity index (χ3n) is 7.91. The molecule has 0 saturated heterocycles. The molecule has 2 N–H and O–H groups in total. The van der Waals surface area contributed by atoms with E-state index in [1.54, 1.807) is 0 Å². The van der Waals surface area contributed by atoms with Gasteiger partial charge in [0.15, 0.2) is 0 Å². The van der Waals surface area contributed by atoms with Gasteiger partial charge in [0.1, 0.15) is 0 Å². The van der Waals surface area contributed by atoms with Crippen LogP contribution in [0.3, 0.4) is 0 Å². The largest absolute Gasteiger partial charge is 0.369 e. The standard InChI is InChI=1S/C23H43NOSi/c1-8-9-10-11-12-15-18-22(4,26(6)7)21(2,3)23(5,20(24)25)19-16-13-14-17-19/h13-14,16,26H,8-12,15,17-18H2,1-7H3,(H2,24,25). The minimum atomic E-state index is -1.03. The van der Waals surface area contributed by atoms with Gasteiger partial charge in [0.05, 0.1) is 5.41 Å². The zero-order valence-corrected chi connectivity index (χ0v) is 19.6. The maximum atomic E-state index is 12.7. The van der Waals surface area contributed by atoms with E-state index >= 15 is 0 Å². The fraction of sp³-hybridized carbons (Fsp3) is 0.783. The minimum absolute atomic E-state index is 0.159. The number of amides is 1. The van der Waals surface area contributed by atoms with Crippen molar-refractivity contribution in [2.45, 2.75) is 104 Å². The average Bonchev–Trinajstić information content (AvgIpc) is 3.11. The van der Waals surface area contributed by atoms with Crippen LogP contribution < -0.4 is 5.73 Å². The Bertz CT molecular complexity index is 534. The highest BCUT2D eigenvalue weighted by molar-refractivity contribution is 6.59. The normalized spacial score (nSPS) is 19.3. The lowest BCUT2D eigenvalue weighted by Crippen LogP contribution is -2.55. The molecule has 2 nitrogen and oxygen atoms in total. The first-order chi connectivity index (χ1) is 12.1. The number of carbonyl (C=O) groups is 1. The van der Waals surface area contributed by atoms with Gasteiger partial charge in [0.25, 0.3) is 0 Å². The Labute approximate surface area is 164 Å². The van der Waals surface area contributed by atoms with Crippen LogP contribution in [0, 0.1) is 10.8 Å². The van der Waals surface area contributed by atoms with Gasteiger partial charge in [-0.1, -0.05) is 103 Å². The molecule has 0 spiro atoms. The van der Waals surface area contributed by atoms with Crippen molar-refractivity contribution in [2.24, 2.45) is 16.6 Å². The monoisotopic (exact) mass is 377 g/mol. The van der Waals surface area contributed by atoms with Gasteiger partial charge >= 0.3 is 0 Å². The molecule has 0 fully saturated rings. The molecule has 1 rings (SSSR count). The highest BCUT2D eigenvalue weighted by atomic mass is 28.3. The summed E-state index contributed by atoms with van der Waals surface area (Å²) in [5.41, 5.74) is 6.49. The molecule has 0 bridgehead atoms. The summed E-state index contributed by atoms with van der Waals surface area (Å²) in [4.78, 5) is 12.7. The van der Waals surface area contributed by atoms with E-state index in [1.807, 2.05) is 0 Å². The van der Waals surface area contributed by atoms with E-state index in [4.69, 9.17) is 5.73 Å². The van der Waals surface area contributed by atoms with E-state index in [1.165, 1.54) is 50.5 Å². The molecule has 2 unspecified atom stereocenters. The van der Waals surface area contributed by atoms with Crippen LogP contribution in [0.15, 0.2) is 23.8 Å². The van der Waals surface area contributed by atoms with Crippen LogP contribution in [0.4, 0.5) is 0 Å². The molecule has 3 heteroatoms. The number of allylic oxidation sites excluding steroid dienone is 3. The van der Waals surface area contributed by atoms with Crippen LogP contribution in [0.25, 0.3) is 0 Å². The predicted molar refractivity (Wildman–Crippen MR) is 118 cm³/mol. The van der Waals surface area contributed by atoms with Crippen molar-refractivity contribution in [3.63, 3.8) is 0 Å². The maximum Gasteiger partial charge on any atom is 0.228 e. The Kier molecular flexibility index (Phi) is 8.38. The second-order valence-corrected chi connectivity index (χ2v) is 13.1. The van der Waals surface area contributed by atoms with Gasteiger partial charge in [-0.15, -0.1) is 0 Å². The molecule has 26 heavy (non-hydrogen) atoms. The number of hydrogen-bond acceptors (Lipinski definition) is 1. The second kappa shape index (κ2) is 9.39. The Balaban J connectivity index is 3.05. The van der Waals surface area contributed by atoms with E-state index in [-0.39, 0.29) is 16.4 Å². The lowest BCUT2D eigenvalue weighted by atomic mass is 9.55. The Morgan fingerprint density at radius 1 is 1.08 bits per heavy atom. The summed E-state index contributed by atoms with van der Waals surface area (Å²) < 4.78 is 0. The fourth-order valence-corrected chi connectivity index (χ4v) is 7.37. The van der Waals surface area contributed by atoms with Gasteiger partial charge in [-0.3, -0.25) is 4.79 Å². The van der Waals surface area contributed by atoms with Crippen LogP contribution >= 0.6 is 0 Å². The number of nitrogens with two attached hydrogens (primary N) is 1. The fourth-order valence-electron chi connectivity index (χ4n) is 4.85. The van der Waals surface area contributed by atoms with Gasteiger partial charge in [-0.2, -0.15) is 0 Å². The lowest BCUT2D eigenvalue weighted by Gasteiger charge is -2.56. The van der Waals surface area contributed by atoms with Crippen molar-refractivity contribution in [1.82, 2.24) is 0 Å². The number of unbranched alkanes of at least 4 members (excludes halogenated alkanes) is 5. The highest BCUT2D eigenvalue weighted by Gasteiger charge is 2.57. The topological polar surface area (TPSA) is 43.1 Å². The zero-order chi connectivity index (χ0) is 20.0. The summed E-state index contributed by atoms with van der Waals surface area (Å²) in [7, 11) is -1.03. The molecule has 1 aliphatic rings. The molecule has 0 radical (unpaired) electrons. The van der Waals surface area contributed by atoms with Gasteiger partial charge < -0.3 is 5.73 Å². The van der Waals surface area contributed by atoms with Crippen molar-refractivity contribution in [3.8, 4) is 0 Å². The van der Waals surface area contributed by atoms with Crippen molar-refractivity contribution >= 4 is 14.7 Å². The molecule has 1 aliphatic carbocycles. The van der Waals surface area contributed by atoms with E-state index in [2.05, 4.69) is 65.9 Å². The number of carbonyl (C=O) groups excluding carboxylic acids is 1. The molecule has 0 aliphatic heterocycles. The molecular weight excluding hydrogens is 334 g/mol. The third-order valence-corrected chi connectivity index (χ3v) is 11.5. The molecule has 0 heterocycles. The van der Waals surface area contributed by atoms with Crippen molar-refractivity contribution in [2.75, 3.05) is 0 Å². The van der Waals surface area contributed by atoms with E-state index in [0.717, 1.165) is 6.42 Å². The van der Waals surface area contributed by atoms with Crippen molar-refractivity contribution in [3.05, 3.63) is 23.8 Å². The molecule has 150 valence electrons. The third kappa shape index (κ3) is 4.35. The summed E-state index contributed by atoms with van der Waals surface area (Å²) in [6.07, 6.45) is 16.3. The van der Waals surface area contributed by atoms with E-state index in [0.29, 0.717) is 0 Å². The molecule has 0 aromatic rings. The minimum Gasteiger partial charge on any atom is -0.369 e. The average molecular weight is 378 g/mol. The van der Waals surface area contributed by atoms with Crippen LogP contribution in [-0.2, 0) is 4.79 Å². The van der Waals surface area contributed by atoms with E-state index in [9.17, 15) is 4.79 Å². The Morgan fingerprint density at radius 2 is 1.65 bits per heavy atom. The predicted octanol–water partition coefficient (Wildman–Crippen LogP) is 6.39. The van der Waals surface area contributed by atoms with Crippen molar-refractivity contribution in [1.29, 1.82) is 0 Å². The number of hydrogen-bond donors (Lipinski definition) is 1. The van der Waals surface area contributed by atoms with Gasteiger partial charge in [0, 0.05) is 8.80 Å². The molecule has 0 aromatic heterocycles. The summed E-state index contributed by atoms with van der Waals surface area (Å²) in [6.45, 7) is 16.3. The molecule has 1 amide bonds. The SMILES string of the molecule is CCCCCCCCC(C)([SiH](C)C)C(C)(C)C(C)(C(N)=O)C1=CC=CC1. The van der Waals surface area contributed by atoms with Crippen LogP contribution in [-0.4, -0.2) is 14.7 Å². The van der Waals surface area contributed by atoms with Gasteiger partial charge in [-0.05, 0) is 30.2 Å². The molecular formula is C23H43NOSi. The summed E-state index contributed by atoms with van der Waals surface area (Å²) in [5, 5.41) is 0.185. The Hall–Kier alpha value is -0.833. The first-order valence-corrected chi connectivity index (χ1v) is 13.6. The van der Waals surface area contributed by atoms with Gasteiger partial charge in [-0.25, -0.2) is 0 Å². The summed E-state index contributed by atoms with van der Waals surface area (Å²) >= 11 is 0. The van der Waals surface area contributed by atoms with E-state index < -0.39 is 14.2 Å². The zero-order valence-electron chi connectivity index (χ0n) is 18.5. The first kappa shape index (κ1) is 23.2. The second-order valence-electron chi connectivity index (χ2n) is 9.53. The molecule has 0 aromatic carbocycles. The lowest BCUT2D eigenvalue weighted by molar-refractivity contribution is -0.132. The Morgan fingerprint density at radius 3 is 2.12 bits per heavy atom. The van der Waals surface area contributed by atoms with Crippen LogP contribution in [0.1, 0.15) is 86.0 Å². The maximum absolute atomic E-state index is 12.7. The summed E-state index contributed by atoms with van der Waals surface area (Å²) in [6, 6.07) is 0. The first-order valence-electron chi connectivity index (χ1n) is 10.7. The van der Waals surface area contributed by atoms with Crippen LogP contribution in [0.2, 0.25) is 18.1 Å². The van der Waals surface area contributed by atoms with Crippen molar-refractivity contribution < 1.29 is 4.79 Å². The smallest absolute Gasteiger partial charge is 0.228 e. The quantitative estimate of drug-likeness (QED) is 0.311. The highest BCUT2D eigenvalue weighted by Crippen LogP contribution is 2.63. The molecule has 2 atom stereocenters. The van der Waals surface area contributed by atoms with Gasteiger partial charge in [0.2, 0.25) is 5.91 Å². The number of rotatable bonds is 12. The number of primary amides is 1. The van der Waals surface area contributed by atoms with Crippen LogP contribution in [0.5, 0.6) is 0 Å².